The van der Waals surface area contributed by atoms with E-state index < -0.39 is 6.10 Å². The molecule has 0 unspecified atom stereocenters. The number of nitrogens with one attached hydrogen (secondary N) is 1. The first-order valence-corrected chi connectivity index (χ1v) is 8.63. The van der Waals surface area contributed by atoms with Crippen molar-refractivity contribution in [1.82, 2.24) is 5.32 Å². The molecule has 2 aliphatic heterocycles. The van der Waals surface area contributed by atoms with Gasteiger partial charge >= 0.3 is 0 Å². The molecule has 0 bridgehead atoms. The van der Waals surface area contributed by atoms with Gasteiger partial charge < -0.3 is 24.3 Å². The Morgan fingerprint density at radius 1 is 1.20 bits per heavy atom. The van der Waals surface area contributed by atoms with Gasteiger partial charge in [-0.3, -0.25) is 4.79 Å². The Bertz CT molecular complexity index is 827. The summed E-state index contributed by atoms with van der Waals surface area (Å²) in [7, 11) is 0. The number of carbonyl (C=O) groups is 1. The second-order valence-electron chi connectivity index (χ2n) is 7.11. The topological polar surface area (TPSA) is 80.9 Å². The maximum atomic E-state index is 12.5. The van der Waals surface area contributed by atoms with Crippen molar-refractivity contribution in [3.05, 3.63) is 34.6 Å². The molecule has 2 N–H and O–H groups in total. The van der Waals surface area contributed by atoms with Crippen LogP contribution >= 0.6 is 0 Å². The van der Waals surface area contributed by atoms with E-state index in [-0.39, 0.29) is 37.2 Å². The van der Waals surface area contributed by atoms with E-state index in [1.807, 2.05) is 13.8 Å². The van der Waals surface area contributed by atoms with Crippen LogP contribution in [0, 0.1) is 20.8 Å². The summed E-state index contributed by atoms with van der Waals surface area (Å²) in [4.78, 5) is 12.5. The Labute approximate surface area is 146 Å². The fraction of sp³-hybridized carbons (Fsp3) is 0.526. The summed E-state index contributed by atoms with van der Waals surface area (Å²) in [6.45, 7) is 6.74. The quantitative estimate of drug-likeness (QED) is 0.882. The van der Waals surface area contributed by atoms with E-state index in [1.165, 1.54) is 5.56 Å². The van der Waals surface area contributed by atoms with Gasteiger partial charge in [-0.2, -0.15) is 0 Å². The van der Waals surface area contributed by atoms with E-state index in [1.54, 1.807) is 6.26 Å². The lowest BCUT2D eigenvalue weighted by Crippen LogP contribution is -2.44. The smallest absolute Gasteiger partial charge is 0.224 e. The molecule has 2 aromatic rings. The standard InChI is InChI=1S/C19H23NO5/c1-9-4-10(2)16-12(6-23-17(16)11(9)3)5-15(22)20-13-7-24-19-14(21)8-25-18(13)19/h4,6,13-14,18-19,21H,5,7-8H2,1-3H3,(H,20,22)/t13-,14-,18-,19-/m1/s1. The van der Waals surface area contributed by atoms with Crippen LogP contribution in [0.5, 0.6) is 0 Å². The third kappa shape index (κ3) is 2.74. The maximum absolute atomic E-state index is 12.5. The fourth-order valence-electron chi connectivity index (χ4n) is 3.95. The van der Waals surface area contributed by atoms with Gasteiger partial charge in [0.1, 0.15) is 23.9 Å². The monoisotopic (exact) mass is 345 g/mol. The first-order valence-electron chi connectivity index (χ1n) is 8.63. The minimum atomic E-state index is -0.612. The summed E-state index contributed by atoms with van der Waals surface area (Å²) < 4.78 is 16.8. The van der Waals surface area contributed by atoms with Gasteiger partial charge in [-0.15, -0.1) is 0 Å². The largest absolute Gasteiger partial charge is 0.464 e. The normalized spacial score (nSPS) is 28.5. The zero-order chi connectivity index (χ0) is 17.7. The first kappa shape index (κ1) is 16.6. The fourth-order valence-corrected chi connectivity index (χ4v) is 3.95. The number of carbonyl (C=O) groups excluding carboxylic acids is 1. The van der Waals surface area contributed by atoms with Crippen LogP contribution in [0.15, 0.2) is 16.7 Å². The van der Waals surface area contributed by atoms with Crippen LogP contribution in [-0.4, -0.2) is 48.6 Å². The third-order valence-corrected chi connectivity index (χ3v) is 5.35. The molecule has 4 atom stereocenters. The Balaban J connectivity index is 1.50. The van der Waals surface area contributed by atoms with Gasteiger partial charge in [0.2, 0.25) is 5.91 Å². The second-order valence-corrected chi connectivity index (χ2v) is 7.11. The van der Waals surface area contributed by atoms with Gasteiger partial charge in [-0.1, -0.05) is 6.07 Å². The number of ether oxygens (including phenoxy) is 2. The number of amides is 1. The number of hydrogen-bond donors (Lipinski definition) is 2. The number of benzene rings is 1. The zero-order valence-corrected chi connectivity index (χ0v) is 14.7. The molecular weight excluding hydrogens is 322 g/mol. The average molecular weight is 345 g/mol. The molecule has 1 aromatic heterocycles. The molecule has 2 saturated heterocycles. The van der Waals surface area contributed by atoms with Crippen molar-refractivity contribution in [2.24, 2.45) is 0 Å². The number of aliphatic hydroxyl groups excluding tert-OH is 1. The minimum Gasteiger partial charge on any atom is -0.464 e. The van der Waals surface area contributed by atoms with Crippen molar-refractivity contribution in [2.45, 2.75) is 51.5 Å². The van der Waals surface area contributed by atoms with Gasteiger partial charge in [-0.05, 0) is 37.5 Å². The Morgan fingerprint density at radius 2 is 1.96 bits per heavy atom. The number of aryl methyl sites for hydroxylation is 3. The van der Waals surface area contributed by atoms with Gasteiger partial charge in [0.05, 0.1) is 31.9 Å². The van der Waals surface area contributed by atoms with Crippen LogP contribution in [0.3, 0.4) is 0 Å². The minimum absolute atomic E-state index is 0.0976. The van der Waals surface area contributed by atoms with Crippen molar-refractivity contribution in [2.75, 3.05) is 13.2 Å². The lowest BCUT2D eigenvalue weighted by molar-refractivity contribution is -0.121. The Kier molecular flexibility index (Phi) is 4.06. The molecule has 2 aliphatic rings. The molecule has 1 aromatic carbocycles. The zero-order valence-electron chi connectivity index (χ0n) is 14.7. The van der Waals surface area contributed by atoms with E-state index in [9.17, 15) is 9.90 Å². The van der Waals surface area contributed by atoms with Gasteiger partial charge in [0, 0.05) is 10.9 Å². The maximum Gasteiger partial charge on any atom is 0.224 e. The van der Waals surface area contributed by atoms with E-state index in [4.69, 9.17) is 13.9 Å². The lowest BCUT2D eigenvalue weighted by atomic mass is 9.98. The lowest BCUT2D eigenvalue weighted by Gasteiger charge is -2.17. The van der Waals surface area contributed by atoms with Crippen LogP contribution in [0.1, 0.15) is 22.3 Å². The summed E-state index contributed by atoms with van der Waals surface area (Å²) >= 11 is 0. The average Bonchev–Trinajstić information content (AvgIpc) is 3.24. The highest BCUT2D eigenvalue weighted by molar-refractivity contribution is 5.92. The first-order chi connectivity index (χ1) is 12.0. The van der Waals surface area contributed by atoms with Crippen LogP contribution in [-0.2, 0) is 20.7 Å². The third-order valence-electron chi connectivity index (χ3n) is 5.35. The van der Waals surface area contributed by atoms with E-state index in [0.29, 0.717) is 6.61 Å². The number of rotatable bonds is 3. The van der Waals surface area contributed by atoms with Crippen molar-refractivity contribution in [1.29, 1.82) is 0 Å². The Morgan fingerprint density at radius 3 is 2.76 bits per heavy atom. The molecule has 1 amide bonds. The SMILES string of the molecule is Cc1cc(C)c2c(CC(=O)N[C@@H]3CO[C@H]4[C@@H]3OC[C@H]4O)coc2c1C. The number of fused-ring (bicyclic) bond motifs is 2. The van der Waals surface area contributed by atoms with Crippen LogP contribution in [0.25, 0.3) is 11.0 Å². The van der Waals surface area contributed by atoms with Crippen LogP contribution in [0.4, 0.5) is 0 Å². The summed E-state index contributed by atoms with van der Waals surface area (Å²) in [5.74, 6) is -0.0976. The molecule has 6 nitrogen and oxygen atoms in total. The van der Waals surface area contributed by atoms with E-state index >= 15 is 0 Å². The molecule has 0 spiro atoms. The predicted molar refractivity (Wildman–Crippen MR) is 91.5 cm³/mol. The highest BCUT2D eigenvalue weighted by atomic mass is 16.6. The molecule has 0 aliphatic carbocycles. The number of aliphatic hydroxyl groups is 1. The molecular formula is C19H23NO5. The van der Waals surface area contributed by atoms with Crippen molar-refractivity contribution >= 4 is 16.9 Å². The summed E-state index contributed by atoms with van der Waals surface area (Å²) in [6, 6.07) is 1.90. The number of hydrogen-bond acceptors (Lipinski definition) is 5. The molecule has 0 saturated carbocycles. The van der Waals surface area contributed by atoms with Gasteiger partial charge in [0.25, 0.3) is 0 Å². The van der Waals surface area contributed by atoms with E-state index in [0.717, 1.165) is 27.7 Å². The molecule has 0 radical (unpaired) electrons. The molecule has 25 heavy (non-hydrogen) atoms. The van der Waals surface area contributed by atoms with Crippen molar-refractivity contribution in [3.63, 3.8) is 0 Å². The molecule has 6 heteroatoms. The molecule has 4 rings (SSSR count). The summed E-state index contributed by atoms with van der Waals surface area (Å²) in [5, 5.41) is 13.8. The van der Waals surface area contributed by atoms with Crippen molar-refractivity contribution in [3.8, 4) is 0 Å². The van der Waals surface area contributed by atoms with Gasteiger partial charge in [0.15, 0.2) is 0 Å². The number of furan rings is 1. The summed E-state index contributed by atoms with van der Waals surface area (Å²) in [6.07, 6.45) is 0.693. The Hall–Kier alpha value is -1.89. The molecule has 3 heterocycles. The molecule has 2 fully saturated rings. The highest BCUT2D eigenvalue weighted by Gasteiger charge is 2.47. The van der Waals surface area contributed by atoms with Gasteiger partial charge in [-0.25, -0.2) is 0 Å². The second kappa shape index (κ2) is 6.12. The highest BCUT2D eigenvalue weighted by Crippen LogP contribution is 2.31. The van der Waals surface area contributed by atoms with Crippen LogP contribution < -0.4 is 5.32 Å². The van der Waals surface area contributed by atoms with E-state index in [2.05, 4.69) is 18.3 Å². The summed E-state index contributed by atoms with van der Waals surface area (Å²) in [5.41, 5.74) is 5.14. The van der Waals surface area contributed by atoms with Crippen LogP contribution in [0.2, 0.25) is 0 Å². The molecule has 134 valence electrons. The van der Waals surface area contributed by atoms with Crippen molar-refractivity contribution < 1.29 is 23.8 Å². The predicted octanol–water partition coefficient (Wildman–Crippen LogP) is 1.54.